The molecular formula is C11H12F3NO3S. The number of nitro benzene ring substituents is 1. The van der Waals surface area contributed by atoms with Gasteiger partial charge >= 0.3 is 6.18 Å². The van der Waals surface area contributed by atoms with Gasteiger partial charge in [0.25, 0.3) is 5.69 Å². The summed E-state index contributed by atoms with van der Waals surface area (Å²) in [5.74, 6) is 0.375. The molecule has 1 N–H and O–H groups in total. The van der Waals surface area contributed by atoms with Crippen molar-refractivity contribution in [1.29, 1.82) is 0 Å². The van der Waals surface area contributed by atoms with E-state index < -0.39 is 22.4 Å². The summed E-state index contributed by atoms with van der Waals surface area (Å²) in [4.78, 5) is 9.80. The molecule has 106 valence electrons. The van der Waals surface area contributed by atoms with Crippen LogP contribution in [0.2, 0.25) is 0 Å². The second kappa shape index (κ2) is 6.25. The van der Waals surface area contributed by atoms with E-state index in [1.165, 1.54) is 6.07 Å². The van der Waals surface area contributed by atoms with E-state index in [-0.39, 0.29) is 12.5 Å². The molecular weight excluding hydrogens is 283 g/mol. The molecule has 0 fully saturated rings. The van der Waals surface area contributed by atoms with Gasteiger partial charge in [0.15, 0.2) is 0 Å². The summed E-state index contributed by atoms with van der Waals surface area (Å²) in [6.45, 7) is 1.69. The highest BCUT2D eigenvalue weighted by Gasteiger charge is 2.38. The summed E-state index contributed by atoms with van der Waals surface area (Å²) >= 11 is 1.12. The summed E-state index contributed by atoms with van der Waals surface area (Å²) in [5.41, 5.74) is -2.20. The van der Waals surface area contributed by atoms with Crippen LogP contribution >= 0.6 is 11.8 Å². The van der Waals surface area contributed by atoms with E-state index in [1.807, 2.05) is 0 Å². The smallest absolute Gasteiger partial charge is 0.396 e. The number of aliphatic hydroxyl groups excluding tert-OH is 1. The topological polar surface area (TPSA) is 63.4 Å². The number of thioether (sulfide) groups is 1. The molecule has 0 aliphatic carbocycles. The van der Waals surface area contributed by atoms with Crippen molar-refractivity contribution in [2.75, 3.05) is 12.4 Å². The Morgan fingerprint density at radius 2 is 2.11 bits per heavy atom. The maximum atomic E-state index is 12.7. The van der Waals surface area contributed by atoms with Gasteiger partial charge in [-0.25, -0.2) is 0 Å². The van der Waals surface area contributed by atoms with Crippen LogP contribution in [0.15, 0.2) is 23.1 Å². The van der Waals surface area contributed by atoms with Crippen LogP contribution in [0, 0.1) is 16.0 Å². The zero-order chi connectivity index (χ0) is 14.6. The van der Waals surface area contributed by atoms with Gasteiger partial charge in [0.05, 0.1) is 4.92 Å². The Labute approximate surface area is 111 Å². The zero-order valence-corrected chi connectivity index (χ0v) is 10.8. The highest BCUT2D eigenvalue weighted by molar-refractivity contribution is 7.99. The van der Waals surface area contributed by atoms with E-state index in [4.69, 9.17) is 5.11 Å². The Balaban J connectivity index is 3.02. The number of benzene rings is 1. The zero-order valence-electron chi connectivity index (χ0n) is 9.98. The van der Waals surface area contributed by atoms with Crippen molar-refractivity contribution >= 4 is 17.4 Å². The lowest BCUT2D eigenvalue weighted by atomic mass is 10.2. The van der Waals surface area contributed by atoms with Gasteiger partial charge in [-0.2, -0.15) is 13.2 Å². The molecule has 0 bridgehead atoms. The minimum Gasteiger partial charge on any atom is -0.396 e. The Bertz CT molecular complexity index is 465. The van der Waals surface area contributed by atoms with Gasteiger partial charge in [0.1, 0.15) is 5.56 Å². The molecule has 8 heteroatoms. The van der Waals surface area contributed by atoms with Gasteiger partial charge in [-0.15, -0.1) is 11.8 Å². The normalized spacial score (nSPS) is 13.3. The first-order chi connectivity index (χ1) is 8.75. The first-order valence-electron chi connectivity index (χ1n) is 5.35. The van der Waals surface area contributed by atoms with Crippen LogP contribution in [-0.4, -0.2) is 22.4 Å². The maximum absolute atomic E-state index is 12.7. The van der Waals surface area contributed by atoms with Crippen molar-refractivity contribution in [3.63, 3.8) is 0 Å². The lowest BCUT2D eigenvalue weighted by Crippen LogP contribution is -2.09. The Morgan fingerprint density at radius 1 is 1.47 bits per heavy atom. The van der Waals surface area contributed by atoms with Crippen molar-refractivity contribution in [2.45, 2.75) is 18.0 Å². The molecule has 1 aromatic rings. The lowest BCUT2D eigenvalue weighted by molar-refractivity contribution is -0.388. The number of alkyl halides is 3. The van der Waals surface area contributed by atoms with Crippen LogP contribution in [0.1, 0.15) is 12.5 Å². The average molecular weight is 295 g/mol. The quantitative estimate of drug-likeness (QED) is 0.514. The highest BCUT2D eigenvalue weighted by Crippen LogP contribution is 2.38. The van der Waals surface area contributed by atoms with Crippen LogP contribution in [0.25, 0.3) is 0 Å². The minimum atomic E-state index is -4.76. The highest BCUT2D eigenvalue weighted by atomic mass is 32.2. The monoisotopic (exact) mass is 295 g/mol. The lowest BCUT2D eigenvalue weighted by Gasteiger charge is -2.11. The number of aliphatic hydroxyl groups is 1. The largest absolute Gasteiger partial charge is 0.423 e. The van der Waals surface area contributed by atoms with Crippen LogP contribution in [0.3, 0.4) is 0 Å². The average Bonchev–Trinajstić information content (AvgIpc) is 2.34. The van der Waals surface area contributed by atoms with Crippen molar-refractivity contribution in [3.05, 3.63) is 33.9 Å². The molecule has 0 radical (unpaired) electrons. The second-order valence-corrected chi connectivity index (χ2v) is 5.13. The van der Waals surface area contributed by atoms with Gasteiger partial charge in [-0.1, -0.05) is 6.92 Å². The van der Waals surface area contributed by atoms with E-state index in [0.717, 1.165) is 23.9 Å². The third-order valence-electron chi connectivity index (χ3n) is 2.32. The number of halogens is 3. The van der Waals surface area contributed by atoms with Gasteiger partial charge in [-0.3, -0.25) is 10.1 Å². The van der Waals surface area contributed by atoms with Gasteiger partial charge in [0.2, 0.25) is 0 Å². The van der Waals surface area contributed by atoms with Crippen molar-refractivity contribution in [1.82, 2.24) is 0 Å². The molecule has 4 nitrogen and oxygen atoms in total. The fourth-order valence-corrected chi connectivity index (χ4v) is 2.23. The van der Waals surface area contributed by atoms with E-state index in [2.05, 4.69) is 0 Å². The number of nitrogens with zero attached hydrogens (tertiary/aromatic N) is 1. The van der Waals surface area contributed by atoms with E-state index in [0.29, 0.717) is 10.6 Å². The third-order valence-corrected chi connectivity index (χ3v) is 3.64. The van der Waals surface area contributed by atoms with Crippen molar-refractivity contribution in [2.24, 2.45) is 5.92 Å². The minimum absolute atomic E-state index is 0.0606. The van der Waals surface area contributed by atoms with Crippen molar-refractivity contribution in [3.8, 4) is 0 Å². The Kier molecular flexibility index (Phi) is 5.19. The first-order valence-corrected chi connectivity index (χ1v) is 6.33. The predicted molar refractivity (Wildman–Crippen MR) is 65.1 cm³/mol. The fourth-order valence-electron chi connectivity index (χ4n) is 1.28. The maximum Gasteiger partial charge on any atom is 0.423 e. The molecule has 0 saturated heterocycles. The Morgan fingerprint density at radius 3 is 2.58 bits per heavy atom. The van der Waals surface area contributed by atoms with E-state index in [1.54, 1.807) is 6.92 Å². The van der Waals surface area contributed by atoms with Gasteiger partial charge in [-0.05, 0) is 18.1 Å². The summed E-state index contributed by atoms with van der Waals surface area (Å²) in [6.07, 6.45) is -4.76. The third kappa shape index (κ3) is 4.39. The first kappa shape index (κ1) is 15.8. The van der Waals surface area contributed by atoms with Gasteiger partial charge in [0, 0.05) is 23.3 Å². The fraction of sp³-hybridized carbons (Fsp3) is 0.455. The van der Waals surface area contributed by atoms with Crippen molar-refractivity contribution < 1.29 is 23.2 Å². The number of nitro groups is 1. The molecule has 0 heterocycles. The summed E-state index contributed by atoms with van der Waals surface area (Å²) in [6, 6.07) is 2.91. The molecule has 0 aromatic heterocycles. The van der Waals surface area contributed by atoms with Crippen LogP contribution in [-0.2, 0) is 6.18 Å². The second-order valence-electron chi connectivity index (χ2n) is 4.03. The molecule has 1 rings (SSSR count). The Hall–Kier alpha value is -1.28. The molecule has 1 atom stereocenters. The molecule has 1 aromatic carbocycles. The van der Waals surface area contributed by atoms with Gasteiger partial charge < -0.3 is 5.11 Å². The summed E-state index contributed by atoms with van der Waals surface area (Å²) in [7, 11) is 0. The number of rotatable bonds is 5. The summed E-state index contributed by atoms with van der Waals surface area (Å²) < 4.78 is 38.1. The predicted octanol–water partition coefficient (Wildman–Crippen LogP) is 3.33. The molecule has 19 heavy (non-hydrogen) atoms. The van der Waals surface area contributed by atoms with Crippen LogP contribution in [0.4, 0.5) is 18.9 Å². The molecule has 0 aliphatic rings. The van der Waals surface area contributed by atoms with E-state index >= 15 is 0 Å². The molecule has 0 saturated carbocycles. The number of hydrogen-bond donors (Lipinski definition) is 1. The molecule has 0 aliphatic heterocycles. The molecule has 0 amide bonds. The van der Waals surface area contributed by atoms with E-state index in [9.17, 15) is 23.3 Å². The van der Waals surface area contributed by atoms with Crippen LogP contribution in [0.5, 0.6) is 0 Å². The number of hydrogen-bond acceptors (Lipinski definition) is 4. The SMILES string of the molecule is CC(CO)CSc1ccc([N+](=O)[O-])c(C(F)(F)F)c1. The summed E-state index contributed by atoms with van der Waals surface area (Å²) in [5, 5.41) is 19.4. The molecule has 1 unspecified atom stereocenters. The van der Waals surface area contributed by atoms with Crippen LogP contribution < -0.4 is 0 Å². The standard InChI is InChI=1S/C11H12F3NO3S/c1-7(5-16)6-19-8-2-3-10(15(17)18)9(4-8)11(12,13)14/h2-4,7,16H,5-6H2,1H3. The molecule has 0 spiro atoms.